The van der Waals surface area contributed by atoms with Gasteiger partial charge in [-0.2, -0.15) is 0 Å². The van der Waals surface area contributed by atoms with Gasteiger partial charge in [0.2, 0.25) is 5.91 Å². The minimum absolute atomic E-state index is 0.0303. The van der Waals surface area contributed by atoms with Crippen LogP contribution < -0.4 is 15.6 Å². The molecule has 2 aromatic carbocycles. The molecule has 0 bridgehead atoms. The predicted molar refractivity (Wildman–Crippen MR) is 107 cm³/mol. The van der Waals surface area contributed by atoms with Crippen LogP contribution in [0.4, 0.5) is 0 Å². The zero-order valence-corrected chi connectivity index (χ0v) is 15.5. The van der Waals surface area contributed by atoms with E-state index >= 15 is 0 Å². The van der Waals surface area contributed by atoms with Crippen molar-refractivity contribution in [3.05, 3.63) is 76.1 Å². The van der Waals surface area contributed by atoms with Gasteiger partial charge in [0, 0.05) is 24.0 Å². The summed E-state index contributed by atoms with van der Waals surface area (Å²) in [6.07, 6.45) is 2.51. The van der Waals surface area contributed by atoms with E-state index in [1.54, 1.807) is 7.11 Å². The highest BCUT2D eigenvalue weighted by atomic mass is 16.5. The first kappa shape index (κ1) is 18.7. The van der Waals surface area contributed by atoms with Gasteiger partial charge in [-0.1, -0.05) is 30.3 Å². The number of carbonyl (C=O) groups excluding carboxylic acids is 1. The summed E-state index contributed by atoms with van der Waals surface area (Å²) in [5, 5.41) is 3.91. The van der Waals surface area contributed by atoms with Gasteiger partial charge >= 0.3 is 0 Å². The topological polar surface area (TPSA) is 71.2 Å². The SMILES string of the molecule is COc1ccc(CCCNC(=O)CCc2cc3ccccc3[nH]c2=O)cc1. The number of benzene rings is 2. The van der Waals surface area contributed by atoms with Gasteiger partial charge in [-0.05, 0) is 54.5 Å². The molecule has 0 saturated heterocycles. The summed E-state index contributed by atoms with van der Waals surface area (Å²) >= 11 is 0. The molecule has 5 heteroatoms. The van der Waals surface area contributed by atoms with Gasteiger partial charge in [-0.15, -0.1) is 0 Å². The minimum Gasteiger partial charge on any atom is -0.497 e. The Balaban J connectivity index is 1.43. The van der Waals surface area contributed by atoms with Gasteiger partial charge < -0.3 is 15.0 Å². The van der Waals surface area contributed by atoms with Gasteiger partial charge in [0.1, 0.15) is 5.75 Å². The number of rotatable bonds is 8. The van der Waals surface area contributed by atoms with Gasteiger partial charge in [-0.3, -0.25) is 9.59 Å². The molecule has 27 heavy (non-hydrogen) atoms. The van der Waals surface area contributed by atoms with Crippen molar-refractivity contribution in [2.75, 3.05) is 13.7 Å². The van der Waals surface area contributed by atoms with Crippen molar-refractivity contribution < 1.29 is 9.53 Å². The third-order valence-electron chi connectivity index (χ3n) is 4.58. The van der Waals surface area contributed by atoms with Crippen molar-refractivity contribution in [1.29, 1.82) is 0 Å². The van der Waals surface area contributed by atoms with E-state index in [4.69, 9.17) is 4.74 Å². The Bertz CT molecular complexity index is 961. The molecule has 3 rings (SSSR count). The van der Waals surface area contributed by atoms with Crippen LogP contribution in [0.25, 0.3) is 10.9 Å². The maximum Gasteiger partial charge on any atom is 0.251 e. The number of amides is 1. The van der Waals surface area contributed by atoms with Crippen LogP contribution in [0.3, 0.4) is 0 Å². The van der Waals surface area contributed by atoms with Gasteiger partial charge in [-0.25, -0.2) is 0 Å². The van der Waals surface area contributed by atoms with Gasteiger partial charge in [0.05, 0.1) is 7.11 Å². The van der Waals surface area contributed by atoms with Crippen LogP contribution >= 0.6 is 0 Å². The lowest BCUT2D eigenvalue weighted by molar-refractivity contribution is -0.121. The molecule has 1 amide bonds. The van der Waals surface area contributed by atoms with Crippen molar-refractivity contribution in [3.63, 3.8) is 0 Å². The molecule has 0 aliphatic heterocycles. The summed E-state index contributed by atoms with van der Waals surface area (Å²) in [7, 11) is 1.65. The van der Waals surface area contributed by atoms with Crippen molar-refractivity contribution >= 4 is 16.8 Å². The Hall–Kier alpha value is -3.08. The summed E-state index contributed by atoms with van der Waals surface area (Å²) in [4.78, 5) is 27.0. The van der Waals surface area contributed by atoms with E-state index in [1.807, 2.05) is 54.6 Å². The highest BCUT2D eigenvalue weighted by Crippen LogP contribution is 2.13. The Morgan fingerprint density at radius 3 is 2.63 bits per heavy atom. The number of hydrogen-bond acceptors (Lipinski definition) is 3. The summed E-state index contributed by atoms with van der Waals surface area (Å²) < 4.78 is 5.14. The van der Waals surface area contributed by atoms with Crippen molar-refractivity contribution in [2.24, 2.45) is 0 Å². The Morgan fingerprint density at radius 2 is 1.85 bits per heavy atom. The molecule has 0 aliphatic rings. The molecule has 0 radical (unpaired) electrons. The Labute approximate surface area is 158 Å². The average Bonchev–Trinajstić information content (AvgIpc) is 2.70. The molecule has 1 aromatic heterocycles. The number of aromatic amines is 1. The standard InChI is InChI=1S/C22H24N2O3/c1-27-19-11-8-16(9-12-19)5-4-14-23-21(25)13-10-18-15-17-6-2-3-7-20(17)24-22(18)26/h2-3,6-9,11-12,15H,4-5,10,13-14H2,1H3,(H,23,25)(H,24,26). The predicted octanol–water partition coefficient (Wildman–Crippen LogP) is 3.22. The van der Waals surface area contributed by atoms with E-state index in [0.717, 1.165) is 29.5 Å². The number of ether oxygens (including phenoxy) is 1. The van der Waals surface area contributed by atoms with E-state index in [2.05, 4.69) is 10.3 Å². The van der Waals surface area contributed by atoms with Crippen molar-refractivity contribution in [3.8, 4) is 5.75 Å². The molecule has 1 heterocycles. The smallest absolute Gasteiger partial charge is 0.251 e. The molecular weight excluding hydrogens is 340 g/mol. The fourth-order valence-corrected chi connectivity index (χ4v) is 3.03. The molecular formula is C22H24N2O3. The lowest BCUT2D eigenvalue weighted by Gasteiger charge is -2.07. The van der Waals surface area contributed by atoms with Crippen LogP contribution in [0.2, 0.25) is 0 Å². The first-order valence-corrected chi connectivity index (χ1v) is 9.16. The molecule has 140 valence electrons. The van der Waals surface area contributed by atoms with E-state index in [1.165, 1.54) is 5.56 Å². The van der Waals surface area contributed by atoms with Crippen molar-refractivity contribution in [2.45, 2.75) is 25.7 Å². The second-order valence-electron chi connectivity index (χ2n) is 6.51. The lowest BCUT2D eigenvalue weighted by Crippen LogP contribution is -2.26. The number of carbonyl (C=O) groups is 1. The molecule has 0 atom stereocenters. The molecule has 3 aromatic rings. The molecule has 0 aliphatic carbocycles. The first-order valence-electron chi connectivity index (χ1n) is 9.16. The maximum atomic E-state index is 12.1. The number of hydrogen-bond donors (Lipinski definition) is 2. The summed E-state index contributed by atoms with van der Waals surface area (Å²) in [5.74, 6) is 0.813. The van der Waals surface area contributed by atoms with Crippen LogP contribution in [-0.4, -0.2) is 24.5 Å². The minimum atomic E-state index is -0.124. The molecule has 2 N–H and O–H groups in total. The second-order valence-corrected chi connectivity index (χ2v) is 6.51. The number of aromatic nitrogens is 1. The first-order chi connectivity index (χ1) is 13.2. The van der Waals surface area contributed by atoms with E-state index in [0.29, 0.717) is 24.9 Å². The number of fused-ring (bicyclic) bond motifs is 1. The van der Waals surface area contributed by atoms with Crippen LogP contribution in [0.15, 0.2) is 59.4 Å². The Kier molecular flexibility index (Phi) is 6.26. The quantitative estimate of drug-likeness (QED) is 0.603. The van der Waals surface area contributed by atoms with E-state index in [9.17, 15) is 9.59 Å². The van der Waals surface area contributed by atoms with Gasteiger partial charge in [0.25, 0.3) is 5.56 Å². The molecule has 5 nitrogen and oxygen atoms in total. The van der Waals surface area contributed by atoms with Crippen LogP contribution in [0.1, 0.15) is 24.0 Å². The number of H-pyrrole nitrogens is 1. The monoisotopic (exact) mass is 364 g/mol. The van der Waals surface area contributed by atoms with E-state index < -0.39 is 0 Å². The van der Waals surface area contributed by atoms with Crippen molar-refractivity contribution in [1.82, 2.24) is 10.3 Å². The number of para-hydroxylation sites is 1. The zero-order chi connectivity index (χ0) is 19.1. The fourth-order valence-electron chi connectivity index (χ4n) is 3.03. The average molecular weight is 364 g/mol. The van der Waals surface area contributed by atoms with E-state index in [-0.39, 0.29) is 11.5 Å². The highest BCUT2D eigenvalue weighted by molar-refractivity contribution is 5.79. The van der Waals surface area contributed by atoms with Crippen LogP contribution in [0.5, 0.6) is 5.75 Å². The Morgan fingerprint density at radius 1 is 1.07 bits per heavy atom. The molecule has 0 spiro atoms. The number of nitrogens with one attached hydrogen (secondary N) is 2. The maximum absolute atomic E-state index is 12.1. The third kappa shape index (κ3) is 5.20. The van der Waals surface area contributed by atoms with Gasteiger partial charge in [0.15, 0.2) is 0 Å². The largest absolute Gasteiger partial charge is 0.497 e. The number of pyridine rings is 1. The summed E-state index contributed by atoms with van der Waals surface area (Å²) in [6, 6.07) is 17.5. The fraction of sp³-hybridized carbons (Fsp3) is 0.273. The summed E-state index contributed by atoms with van der Waals surface area (Å²) in [6.45, 7) is 0.624. The molecule has 0 unspecified atom stereocenters. The zero-order valence-electron chi connectivity index (χ0n) is 15.5. The van der Waals surface area contributed by atoms with Crippen LogP contribution in [0, 0.1) is 0 Å². The molecule has 0 fully saturated rings. The number of methoxy groups -OCH3 is 1. The highest BCUT2D eigenvalue weighted by Gasteiger charge is 2.06. The van der Waals surface area contributed by atoms with Crippen LogP contribution in [-0.2, 0) is 17.6 Å². The number of aryl methyl sites for hydroxylation is 2. The second kappa shape index (κ2) is 9.03. The third-order valence-corrected chi connectivity index (χ3v) is 4.58. The summed E-state index contributed by atoms with van der Waals surface area (Å²) in [5.41, 5.74) is 2.55. The lowest BCUT2D eigenvalue weighted by atomic mass is 10.1. The molecule has 0 saturated carbocycles. The normalized spacial score (nSPS) is 10.7.